The summed E-state index contributed by atoms with van der Waals surface area (Å²) in [6.07, 6.45) is 6.33. The lowest BCUT2D eigenvalue weighted by atomic mass is 9.83. The molecule has 2 aliphatic rings. The molecule has 6 heteroatoms. The Morgan fingerprint density at radius 2 is 2.20 bits per heavy atom. The van der Waals surface area contributed by atoms with Gasteiger partial charge in [0.05, 0.1) is 17.6 Å². The number of hydrogen-bond donors (Lipinski definition) is 1. The molecule has 2 aliphatic heterocycles. The van der Waals surface area contributed by atoms with Crippen LogP contribution in [-0.4, -0.2) is 18.6 Å². The number of nitrogens with zero attached hydrogens (tertiary/aromatic N) is 3. The molecule has 2 heterocycles. The standard InChI is InChI=1S/C19H26N4O2/c1-4-5-6-7-8-12-9-13-10-14(11-21-23-20)25-17(13)15-16(12)22-18(24)19(15,2)3/h9,14H,4-8,10-11H2,1-3H3,(H,22,24). The summed E-state index contributed by atoms with van der Waals surface area (Å²) in [6, 6.07) is 2.18. The molecular weight excluding hydrogens is 316 g/mol. The third-order valence-corrected chi connectivity index (χ3v) is 5.25. The summed E-state index contributed by atoms with van der Waals surface area (Å²) in [5.41, 5.74) is 12.2. The van der Waals surface area contributed by atoms with Crippen LogP contribution in [0, 0.1) is 0 Å². The Labute approximate surface area is 148 Å². The monoisotopic (exact) mass is 342 g/mol. The Kier molecular flexibility index (Phi) is 4.91. The first kappa shape index (κ1) is 17.6. The number of rotatable bonds is 7. The molecule has 1 N–H and O–H groups in total. The summed E-state index contributed by atoms with van der Waals surface area (Å²) in [7, 11) is 0. The summed E-state index contributed by atoms with van der Waals surface area (Å²) >= 11 is 0. The van der Waals surface area contributed by atoms with Crippen LogP contribution < -0.4 is 10.1 Å². The van der Waals surface area contributed by atoms with Crippen molar-refractivity contribution in [3.8, 4) is 5.75 Å². The van der Waals surface area contributed by atoms with Crippen LogP contribution in [-0.2, 0) is 23.1 Å². The minimum atomic E-state index is -0.605. The fourth-order valence-electron chi connectivity index (χ4n) is 3.81. The minimum absolute atomic E-state index is 0.0211. The molecule has 3 rings (SSSR count). The van der Waals surface area contributed by atoms with Crippen LogP contribution in [0.2, 0.25) is 0 Å². The van der Waals surface area contributed by atoms with Gasteiger partial charge in [0.25, 0.3) is 0 Å². The first-order valence-corrected chi connectivity index (χ1v) is 9.17. The van der Waals surface area contributed by atoms with Crippen molar-refractivity contribution in [1.29, 1.82) is 0 Å². The molecule has 0 fully saturated rings. The molecule has 1 aromatic carbocycles. The van der Waals surface area contributed by atoms with Gasteiger partial charge in [-0.3, -0.25) is 4.79 Å². The van der Waals surface area contributed by atoms with Gasteiger partial charge in [-0.25, -0.2) is 0 Å². The van der Waals surface area contributed by atoms with Crippen molar-refractivity contribution in [1.82, 2.24) is 0 Å². The number of anilines is 1. The Bertz CT molecular complexity index is 735. The summed E-state index contributed by atoms with van der Waals surface area (Å²) < 4.78 is 6.08. The molecule has 6 nitrogen and oxygen atoms in total. The number of unbranched alkanes of at least 4 members (excludes halogenated alkanes) is 3. The van der Waals surface area contributed by atoms with Crippen molar-refractivity contribution >= 4 is 11.6 Å². The van der Waals surface area contributed by atoms with E-state index in [0.717, 1.165) is 41.8 Å². The van der Waals surface area contributed by atoms with Gasteiger partial charge in [-0.1, -0.05) is 31.3 Å². The number of carbonyl (C=O) groups excluding carboxylic acids is 1. The average molecular weight is 342 g/mol. The van der Waals surface area contributed by atoms with E-state index in [9.17, 15) is 4.79 Å². The molecule has 1 atom stereocenters. The van der Waals surface area contributed by atoms with E-state index in [4.69, 9.17) is 10.3 Å². The second-order valence-electron chi connectivity index (χ2n) is 7.52. The van der Waals surface area contributed by atoms with E-state index < -0.39 is 5.41 Å². The van der Waals surface area contributed by atoms with Gasteiger partial charge in [-0.05, 0) is 49.4 Å². The molecular formula is C19H26N4O2. The molecule has 25 heavy (non-hydrogen) atoms. The predicted molar refractivity (Wildman–Crippen MR) is 98.1 cm³/mol. The van der Waals surface area contributed by atoms with Crippen LogP contribution >= 0.6 is 0 Å². The molecule has 0 bridgehead atoms. The van der Waals surface area contributed by atoms with Gasteiger partial charge < -0.3 is 10.1 Å². The molecule has 0 saturated heterocycles. The van der Waals surface area contributed by atoms with Gasteiger partial charge in [0.15, 0.2) is 0 Å². The highest BCUT2D eigenvalue weighted by Crippen LogP contribution is 2.49. The number of hydrogen-bond acceptors (Lipinski definition) is 3. The summed E-state index contributed by atoms with van der Waals surface area (Å²) in [4.78, 5) is 15.3. The minimum Gasteiger partial charge on any atom is -0.489 e. The van der Waals surface area contributed by atoms with Crippen LogP contribution in [0.4, 0.5) is 5.69 Å². The Morgan fingerprint density at radius 3 is 2.92 bits per heavy atom. The van der Waals surface area contributed by atoms with E-state index in [-0.39, 0.29) is 12.0 Å². The van der Waals surface area contributed by atoms with Crippen molar-refractivity contribution in [2.45, 2.75) is 70.8 Å². The molecule has 0 aliphatic carbocycles. The van der Waals surface area contributed by atoms with Gasteiger partial charge in [0.1, 0.15) is 11.9 Å². The summed E-state index contributed by atoms with van der Waals surface area (Å²) in [5.74, 6) is 0.835. The quantitative estimate of drug-likeness (QED) is 0.338. The zero-order chi connectivity index (χ0) is 18.0. The fraction of sp³-hybridized carbons (Fsp3) is 0.632. The Hall–Kier alpha value is -2.20. The molecule has 1 unspecified atom stereocenters. The maximum absolute atomic E-state index is 12.5. The highest BCUT2D eigenvalue weighted by molar-refractivity contribution is 6.07. The van der Waals surface area contributed by atoms with Crippen LogP contribution in [0.25, 0.3) is 10.4 Å². The van der Waals surface area contributed by atoms with Crippen molar-refractivity contribution in [2.75, 3.05) is 11.9 Å². The van der Waals surface area contributed by atoms with Crippen molar-refractivity contribution in [3.63, 3.8) is 0 Å². The lowest BCUT2D eigenvalue weighted by Gasteiger charge is -2.20. The summed E-state index contributed by atoms with van der Waals surface area (Å²) in [5, 5.41) is 6.73. The highest BCUT2D eigenvalue weighted by atomic mass is 16.5. The van der Waals surface area contributed by atoms with Gasteiger partial charge in [-0.2, -0.15) is 0 Å². The number of ether oxygens (including phenoxy) is 1. The normalized spacial score (nSPS) is 19.6. The van der Waals surface area contributed by atoms with E-state index in [1.54, 1.807) is 0 Å². The van der Waals surface area contributed by atoms with Gasteiger partial charge in [-0.15, -0.1) is 0 Å². The average Bonchev–Trinajstić information content (AvgIpc) is 3.08. The Balaban J connectivity index is 1.94. The number of benzene rings is 1. The van der Waals surface area contributed by atoms with Gasteiger partial charge >= 0.3 is 0 Å². The van der Waals surface area contributed by atoms with Crippen LogP contribution in [0.15, 0.2) is 11.2 Å². The highest BCUT2D eigenvalue weighted by Gasteiger charge is 2.44. The van der Waals surface area contributed by atoms with E-state index in [1.165, 1.54) is 24.8 Å². The second-order valence-corrected chi connectivity index (χ2v) is 7.52. The maximum atomic E-state index is 12.5. The topological polar surface area (TPSA) is 87.1 Å². The molecule has 0 spiro atoms. The van der Waals surface area contributed by atoms with Crippen molar-refractivity contribution in [2.24, 2.45) is 5.11 Å². The number of fused-ring (bicyclic) bond motifs is 3. The van der Waals surface area contributed by atoms with Crippen LogP contribution in [0.5, 0.6) is 5.75 Å². The molecule has 134 valence electrons. The van der Waals surface area contributed by atoms with E-state index >= 15 is 0 Å². The first-order valence-electron chi connectivity index (χ1n) is 9.17. The van der Waals surface area contributed by atoms with E-state index in [1.807, 2.05) is 13.8 Å². The number of carbonyl (C=O) groups is 1. The second kappa shape index (κ2) is 6.96. The largest absolute Gasteiger partial charge is 0.489 e. The number of amides is 1. The van der Waals surface area contributed by atoms with E-state index in [0.29, 0.717) is 6.54 Å². The predicted octanol–water partition coefficient (Wildman–Crippen LogP) is 4.65. The Morgan fingerprint density at radius 1 is 1.40 bits per heavy atom. The van der Waals surface area contributed by atoms with E-state index in [2.05, 4.69) is 28.3 Å². The lowest BCUT2D eigenvalue weighted by molar-refractivity contribution is -0.119. The summed E-state index contributed by atoms with van der Waals surface area (Å²) in [6.45, 7) is 6.41. The molecule has 0 radical (unpaired) electrons. The molecule has 1 amide bonds. The van der Waals surface area contributed by atoms with Crippen LogP contribution in [0.1, 0.15) is 63.1 Å². The number of nitrogens with one attached hydrogen (secondary N) is 1. The smallest absolute Gasteiger partial charge is 0.234 e. The molecule has 1 aromatic rings. The zero-order valence-electron chi connectivity index (χ0n) is 15.3. The van der Waals surface area contributed by atoms with Crippen molar-refractivity contribution in [3.05, 3.63) is 33.2 Å². The maximum Gasteiger partial charge on any atom is 0.234 e. The molecule has 0 aromatic heterocycles. The van der Waals surface area contributed by atoms with Gasteiger partial charge in [0.2, 0.25) is 5.91 Å². The van der Waals surface area contributed by atoms with Crippen LogP contribution in [0.3, 0.4) is 0 Å². The SMILES string of the molecule is CCCCCCc1cc2c(c3c1NC(=O)C3(C)C)OC(CN=[N+]=[N-])C2. The molecule has 0 saturated carbocycles. The lowest BCUT2D eigenvalue weighted by Crippen LogP contribution is -2.27. The number of aryl methyl sites for hydroxylation is 1. The third-order valence-electron chi connectivity index (χ3n) is 5.25. The van der Waals surface area contributed by atoms with Crippen molar-refractivity contribution < 1.29 is 9.53 Å². The van der Waals surface area contributed by atoms with Gasteiger partial charge in [0, 0.05) is 16.9 Å². The zero-order valence-corrected chi connectivity index (χ0v) is 15.3. The third kappa shape index (κ3) is 3.19. The fourth-order valence-corrected chi connectivity index (χ4v) is 3.81. The first-order chi connectivity index (χ1) is 12.0. The number of azide groups is 1.